The minimum Gasteiger partial charge on any atom is -0.302 e. The minimum absolute atomic E-state index is 0.0821. The summed E-state index contributed by atoms with van der Waals surface area (Å²) in [5.41, 5.74) is 3.35. The topological polar surface area (TPSA) is 45.0 Å². The molecule has 23 heavy (non-hydrogen) atoms. The third-order valence-electron chi connectivity index (χ3n) is 4.43. The number of carbonyl (C=O) groups is 1. The summed E-state index contributed by atoms with van der Waals surface area (Å²) in [4.78, 5) is 14.3. The lowest BCUT2D eigenvalue weighted by atomic mass is 9.99. The Hall–Kier alpha value is -2.23. The van der Waals surface area contributed by atoms with Gasteiger partial charge >= 0.3 is 0 Å². The van der Waals surface area contributed by atoms with Crippen molar-refractivity contribution in [2.45, 2.75) is 44.9 Å². The first-order chi connectivity index (χ1) is 11.3. The standard InChI is InChI=1S/C19H23N3O/c1-2-14-22-17-13-9-8-12-16(17)18(19(22)23)21-20-15-10-6-4-3-5-7-11-15/h2,8-9,12-13H,1,3-7,10-11,14H2/b21-18+. The maximum atomic E-state index is 12.6. The fourth-order valence-corrected chi connectivity index (χ4v) is 3.20. The molecule has 4 heteroatoms. The smallest absolute Gasteiger partial charge is 0.279 e. The molecule has 1 aliphatic carbocycles. The van der Waals surface area contributed by atoms with Gasteiger partial charge in [0.2, 0.25) is 0 Å². The van der Waals surface area contributed by atoms with Crippen LogP contribution in [0.4, 0.5) is 5.69 Å². The number of hydrogen-bond acceptors (Lipinski definition) is 3. The van der Waals surface area contributed by atoms with Gasteiger partial charge in [0.05, 0.1) is 5.69 Å². The lowest BCUT2D eigenvalue weighted by Gasteiger charge is -2.13. The Balaban J connectivity index is 1.89. The fraction of sp³-hybridized carbons (Fsp3) is 0.421. The molecule has 1 fully saturated rings. The predicted molar refractivity (Wildman–Crippen MR) is 95.3 cm³/mol. The zero-order valence-corrected chi connectivity index (χ0v) is 13.5. The number of benzene rings is 1. The van der Waals surface area contributed by atoms with E-state index in [1.807, 2.05) is 24.3 Å². The third kappa shape index (κ3) is 3.41. The van der Waals surface area contributed by atoms with Crippen LogP contribution in [-0.4, -0.2) is 23.9 Å². The maximum Gasteiger partial charge on any atom is 0.279 e. The van der Waals surface area contributed by atoms with E-state index < -0.39 is 0 Å². The van der Waals surface area contributed by atoms with Crippen LogP contribution in [-0.2, 0) is 4.79 Å². The summed E-state index contributed by atoms with van der Waals surface area (Å²) >= 11 is 0. The summed E-state index contributed by atoms with van der Waals surface area (Å²) < 4.78 is 0. The van der Waals surface area contributed by atoms with Crippen LogP contribution in [0.3, 0.4) is 0 Å². The van der Waals surface area contributed by atoms with E-state index >= 15 is 0 Å². The molecule has 3 rings (SSSR count). The molecule has 120 valence electrons. The van der Waals surface area contributed by atoms with Crippen LogP contribution in [0.2, 0.25) is 0 Å². The van der Waals surface area contributed by atoms with Crippen molar-refractivity contribution in [2.24, 2.45) is 10.2 Å². The number of anilines is 1. The van der Waals surface area contributed by atoms with E-state index in [1.54, 1.807) is 11.0 Å². The van der Waals surface area contributed by atoms with Gasteiger partial charge in [-0.15, -0.1) is 11.7 Å². The van der Waals surface area contributed by atoms with Gasteiger partial charge in [-0.3, -0.25) is 4.79 Å². The van der Waals surface area contributed by atoms with Gasteiger partial charge in [0.1, 0.15) is 0 Å². The van der Waals surface area contributed by atoms with Crippen molar-refractivity contribution in [3.05, 3.63) is 42.5 Å². The van der Waals surface area contributed by atoms with Gasteiger partial charge in [-0.05, 0) is 31.7 Å². The van der Waals surface area contributed by atoms with E-state index in [-0.39, 0.29) is 5.91 Å². The summed E-state index contributed by atoms with van der Waals surface area (Å²) in [7, 11) is 0. The lowest BCUT2D eigenvalue weighted by Crippen LogP contribution is -2.30. The molecule has 1 aromatic carbocycles. The monoisotopic (exact) mass is 309 g/mol. The second kappa shape index (κ2) is 7.36. The first-order valence-electron chi connectivity index (χ1n) is 8.47. The molecule has 0 atom stereocenters. The zero-order valence-electron chi connectivity index (χ0n) is 13.5. The van der Waals surface area contributed by atoms with Gasteiger partial charge in [-0.1, -0.05) is 43.5 Å². The number of para-hydroxylation sites is 1. The van der Waals surface area contributed by atoms with Crippen molar-refractivity contribution in [2.75, 3.05) is 11.4 Å². The number of carbonyl (C=O) groups excluding carboxylic acids is 1. The van der Waals surface area contributed by atoms with Crippen LogP contribution < -0.4 is 4.90 Å². The second-order valence-corrected chi connectivity index (χ2v) is 6.10. The number of hydrogen-bond donors (Lipinski definition) is 0. The number of amides is 1. The summed E-state index contributed by atoms with van der Waals surface area (Å²) in [5, 5.41) is 8.80. The highest BCUT2D eigenvalue weighted by atomic mass is 16.2. The van der Waals surface area contributed by atoms with Crippen LogP contribution >= 0.6 is 0 Å². The molecule has 1 heterocycles. The third-order valence-corrected chi connectivity index (χ3v) is 4.43. The predicted octanol–water partition coefficient (Wildman–Crippen LogP) is 4.11. The highest BCUT2D eigenvalue weighted by Crippen LogP contribution is 2.29. The molecule has 1 amide bonds. The van der Waals surface area contributed by atoms with Crippen LogP contribution in [0.15, 0.2) is 47.1 Å². The Morgan fingerprint density at radius 3 is 2.48 bits per heavy atom. The van der Waals surface area contributed by atoms with Crippen LogP contribution in [0.25, 0.3) is 0 Å². The van der Waals surface area contributed by atoms with Gasteiger partial charge < -0.3 is 4.90 Å². The molecular weight excluding hydrogens is 286 g/mol. The minimum atomic E-state index is -0.0821. The lowest BCUT2D eigenvalue weighted by molar-refractivity contribution is -0.112. The largest absolute Gasteiger partial charge is 0.302 e. The molecule has 2 aliphatic rings. The zero-order chi connectivity index (χ0) is 16.1. The van der Waals surface area contributed by atoms with Gasteiger partial charge in [0, 0.05) is 17.8 Å². The Morgan fingerprint density at radius 1 is 1.04 bits per heavy atom. The van der Waals surface area contributed by atoms with Crippen LogP contribution in [0.1, 0.15) is 50.5 Å². The molecule has 0 spiro atoms. The van der Waals surface area contributed by atoms with E-state index in [1.165, 1.54) is 32.1 Å². The maximum absolute atomic E-state index is 12.6. The Kier molecular flexibility index (Phi) is 5.01. The summed E-state index contributed by atoms with van der Waals surface area (Å²) in [6.07, 6.45) is 9.96. The van der Waals surface area contributed by atoms with E-state index in [9.17, 15) is 4.79 Å². The van der Waals surface area contributed by atoms with E-state index in [0.29, 0.717) is 12.3 Å². The summed E-state index contributed by atoms with van der Waals surface area (Å²) in [6, 6.07) is 7.75. The quantitative estimate of drug-likeness (QED) is 0.612. The van der Waals surface area contributed by atoms with Gasteiger partial charge in [0.25, 0.3) is 5.91 Å². The molecule has 0 aromatic heterocycles. The number of rotatable bonds is 3. The van der Waals surface area contributed by atoms with Crippen molar-refractivity contribution >= 4 is 23.0 Å². The van der Waals surface area contributed by atoms with E-state index in [0.717, 1.165) is 29.8 Å². The van der Waals surface area contributed by atoms with Crippen LogP contribution in [0, 0.1) is 0 Å². The molecule has 0 radical (unpaired) electrons. The molecule has 4 nitrogen and oxygen atoms in total. The SMILES string of the molecule is C=CCN1C(=O)/C(=N/N=C2CCCCCCC2)c2ccccc21. The molecule has 0 N–H and O–H groups in total. The van der Waals surface area contributed by atoms with Gasteiger partial charge in [0.15, 0.2) is 5.71 Å². The fourth-order valence-electron chi connectivity index (χ4n) is 3.20. The average Bonchev–Trinajstić information content (AvgIpc) is 2.80. The van der Waals surface area contributed by atoms with Crippen molar-refractivity contribution in [3.63, 3.8) is 0 Å². The highest BCUT2D eigenvalue weighted by molar-refractivity contribution is 6.54. The molecule has 1 aromatic rings. The van der Waals surface area contributed by atoms with E-state index in [4.69, 9.17) is 0 Å². The second-order valence-electron chi connectivity index (χ2n) is 6.10. The summed E-state index contributed by atoms with van der Waals surface area (Å²) in [6.45, 7) is 4.23. The van der Waals surface area contributed by atoms with E-state index in [2.05, 4.69) is 16.8 Å². The Bertz CT molecular complexity index is 650. The van der Waals surface area contributed by atoms with Crippen LogP contribution in [0.5, 0.6) is 0 Å². The Morgan fingerprint density at radius 2 is 1.74 bits per heavy atom. The summed E-state index contributed by atoms with van der Waals surface area (Å²) in [5.74, 6) is -0.0821. The highest BCUT2D eigenvalue weighted by Gasteiger charge is 2.33. The first kappa shape index (κ1) is 15.7. The first-order valence-corrected chi connectivity index (χ1v) is 8.47. The molecule has 0 saturated heterocycles. The van der Waals surface area contributed by atoms with Crippen molar-refractivity contribution in [3.8, 4) is 0 Å². The van der Waals surface area contributed by atoms with Crippen molar-refractivity contribution in [1.29, 1.82) is 0 Å². The molecular formula is C19H23N3O. The van der Waals surface area contributed by atoms with Crippen molar-refractivity contribution < 1.29 is 4.79 Å². The molecule has 0 unspecified atom stereocenters. The average molecular weight is 309 g/mol. The number of fused-ring (bicyclic) bond motifs is 1. The van der Waals surface area contributed by atoms with Crippen molar-refractivity contribution in [1.82, 2.24) is 0 Å². The van der Waals surface area contributed by atoms with Gasteiger partial charge in [-0.25, -0.2) is 0 Å². The Labute approximate surface area is 137 Å². The molecule has 1 saturated carbocycles. The van der Waals surface area contributed by atoms with Gasteiger partial charge in [-0.2, -0.15) is 5.10 Å². The normalized spacial score (nSPS) is 20.2. The number of nitrogens with zero attached hydrogens (tertiary/aromatic N) is 3. The molecule has 0 bridgehead atoms. The molecule has 1 aliphatic heterocycles.